The second-order valence-electron chi connectivity index (χ2n) is 3.34. The van der Waals surface area contributed by atoms with Crippen LogP contribution in [0.15, 0.2) is 24.8 Å². The molecule has 2 aromatic rings. The first-order valence-electron chi connectivity index (χ1n) is 4.93. The Morgan fingerprint density at radius 1 is 1.50 bits per heavy atom. The summed E-state index contributed by atoms with van der Waals surface area (Å²) in [5, 5.41) is 7.40. The molecule has 5 nitrogen and oxygen atoms in total. The number of hydrogen-bond donors (Lipinski definition) is 1. The maximum atomic E-state index is 4.17. The largest absolute Gasteiger partial charge is 0.369 e. The minimum absolute atomic E-state index is 0.840. The lowest BCUT2D eigenvalue weighted by Gasteiger charge is -2.06. The highest BCUT2D eigenvalue weighted by molar-refractivity contribution is 14.1. The standard InChI is InChI=1S/C10H12IN5/c1-16-8(3-5-15-16)2-4-13-10-9(11)6-12-7-14-10/h3,5-7H,2,4H2,1H3,(H,12,13,14). The summed E-state index contributed by atoms with van der Waals surface area (Å²) in [6.45, 7) is 0.840. The van der Waals surface area contributed by atoms with Crippen molar-refractivity contribution in [3.05, 3.63) is 34.1 Å². The van der Waals surface area contributed by atoms with Crippen molar-refractivity contribution in [1.82, 2.24) is 19.7 Å². The van der Waals surface area contributed by atoms with Crippen LogP contribution in [0.4, 0.5) is 5.82 Å². The van der Waals surface area contributed by atoms with E-state index < -0.39 is 0 Å². The van der Waals surface area contributed by atoms with Crippen LogP contribution in [0.3, 0.4) is 0 Å². The molecule has 0 unspecified atom stereocenters. The van der Waals surface area contributed by atoms with Crippen molar-refractivity contribution in [2.24, 2.45) is 7.05 Å². The SMILES string of the molecule is Cn1nccc1CCNc1ncncc1I. The van der Waals surface area contributed by atoms with Crippen LogP contribution < -0.4 is 5.32 Å². The molecule has 0 radical (unpaired) electrons. The summed E-state index contributed by atoms with van der Waals surface area (Å²) >= 11 is 2.22. The van der Waals surface area contributed by atoms with E-state index >= 15 is 0 Å². The van der Waals surface area contributed by atoms with Crippen molar-refractivity contribution in [2.45, 2.75) is 6.42 Å². The number of nitrogens with zero attached hydrogens (tertiary/aromatic N) is 4. The van der Waals surface area contributed by atoms with Gasteiger partial charge in [-0.25, -0.2) is 9.97 Å². The molecule has 16 heavy (non-hydrogen) atoms. The van der Waals surface area contributed by atoms with E-state index in [2.05, 4.69) is 43.0 Å². The third-order valence-electron chi connectivity index (χ3n) is 2.26. The van der Waals surface area contributed by atoms with Gasteiger partial charge in [-0.2, -0.15) is 5.10 Å². The number of aryl methyl sites for hydroxylation is 1. The molecule has 0 aromatic carbocycles. The normalized spacial score (nSPS) is 10.4. The van der Waals surface area contributed by atoms with E-state index in [0.717, 1.165) is 22.4 Å². The molecule has 0 amide bonds. The van der Waals surface area contributed by atoms with Crippen molar-refractivity contribution >= 4 is 28.4 Å². The monoisotopic (exact) mass is 329 g/mol. The smallest absolute Gasteiger partial charge is 0.142 e. The van der Waals surface area contributed by atoms with E-state index in [9.17, 15) is 0 Å². The molecule has 0 aliphatic carbocycles. The molecule has 0 fully saturated rings. The molecule has 0 saturated carbocycles. The predicted octanol–water partition coefficient (Wildman–Crippen LogP) is 1.47. The zero-order valence-corrected chi connectivity index (χ0v) is 11.0. The third kappa shape index (κ3) is 2.69. The van der Waals surface area contributed by atoms with Crippen LogP contribution in [-0.2, 0) is 13.5 Å². The van der Waals surface area contributed by atoms with Gasteiger partial charge < -0.3 is 5.32 Å². The van der Waals surface area contributed by atoms with Crippen LogP contribution in [0, 0.1) is 3.57 Å². The van der Waals surface area contributed by atoms with Crippen molar-refractivity contribution in [3.63, 3.8) is 0 Å². The fourth-order valence-electron chi connectivity index (χ4n) is 1.40. The van der Waals surface area contributed by atoms with Crippen LogP contribution in [0.5, 0.6) is 0 Å². The van der Waals surface area contributed by atoms with Gasteiger partial charge in [-0.15, -0.1) is 0 Å². The van der Waals surface area contributed by atoms with Crippen LogP contribution >= 0.6 is 22.6 Å². The summed E-state index contributed by atoms with van der Waals surface area (Å²) in [6, 6.07) is 2.02. The number of aromatic nitrogens is 4. The first-order valence-corrected chi connectivity index (χ1v) is 6.01. The Morgan fingerprint density at radius 2 is 2.38 bits per heavy atom. The lowest BCUT2D eigenvalue weighted by molar-refractivity contribution is 0.711. The summed E-state index contributed by atoms with van der Waals surface area (Å²) in [7, 11) is 1.95. The van der Waals surface area contributed by atoms with Gasteiger partial charge in [0.05, 0.1) is 3.57 Å². The molecule has 84 valence electrons. The maximum absolute atomic E-state index is 4.17. The van der Waals surface area contributed by atoms with Gasteiger partial charge in [0.1, 0.15) is 12.1 Å². The van der Waals surface area contributed by atoms with Gasteiger partial charge >= 0.3 is 0 Å². The Bertz CT molecular complexity index is 468. The molecule has 2 aromatic heterocycles. The van der Waals surface area contributed by atoms with Gasteiger partial charge in [-0.05, 0) is 28.7 Å². The lowest BCUT2D eigenvalue weighted by Crippen LogP contribution is -2.10. The number of anilines is 1. The molecule has 6 heteroatoms. The molecule has 2 rings (SSSR count). The van der Waals surface area contributed by atoms with Gasteiger partial charge in [0.25, 0.3) is 0 Å². The van der Waals surface area contributed by atoms with E-state index in [1.165, 1.54) is 5.69 Å². The average molecular weight is 329 g/mol. The van der Waals surface area contributed by atoms with Crippen LogP contribution in [0.1, 0.15) is 5.69 Å². The first-order chi connectivity index (χ1) is 7.77. The molecule has 2 heterocycles. The maximum Gasteiger partial charge on any atom is 0.142 e. The van der Waals surface area contributed by atoms with Crippen molar-refractivity contribution in [1.29, 1.82) is 0 Å². The summed E-state index contributed by atoms with van der Waals surface area (Å²) in [5.74, 6) is 0.887. The van der Waals surface area contributed by atoms with Gasteiger partial charge in [-0.3, -0.25) is 4.68 Å². The fourth-order valence-corrected chi connectivity index (χ4v) is 1.89. The Labute approximate surface area is 107 Å². The zero-order valence-electron chi connectivity index (χ0n) is 8.89. The molecular weight excluding hydrogens is 317 g/mol. The molecule has 1 N–H and O–H groups in total. The third-order valence-corrected chi connectivity index (χ3v) is 3.05. The number of halogens is 1. The molecule has 0 aliphatic rings. The second kappa shape index (κ2) is 5.24. The van der Waals surface area contributed by atoms with E-state index in [-0.39, 0.29) is 0 Å². The molecule has 0 bridgehead atoms. The van der Waals surface area contributed by atoms with E-state index in [1.807, 2.05) is 24.0 Å². The summed E-state index contributed by atoms with van der Waals surface area (Å²) in [4.78, 5) is 8.11. The molecule has 0 saturated heterocycles. The van der Waals surface area contributed by atoms with E-state index in [0.29, 0.717) is 0 Å². The first kappa shape index (κ1) is 11.3. The minimum Gasteiger partial charge on any atom is -0.369 e. The predicted molar refractivity (Wildman–Crippen MR) is 70.2 cm³/mol. The molecule has 0 aliphatic heterocycles. The average Bonchev–Trinajstić information content (AvgIpc) is 2.67. The minimum atomic E-state index is 0.840. The summed E-state index contributed by atoms with van der Waals surface area (Å²) < 4.78 is 2.91. The number of rotatable bonds is 4. The van der Waals surface area contributed by atoms with Gasteiger partial charge in [0, 0.05) is 38.1 Å². The summed E-state index contributed by atoms with van der Waals surface area (Å²) in [6.07, 6.45) is 6.08. The number of hydrogen-bond acceptors (Lipinski definition) is 4. The van der Waals surface area contributed by atoms with Crippen molar-refractivity contribution in [3.8, 4) is 0 Å². The zero-order chi connectivity index (χ0) is 11.4. The van der Waals surface area contributed by atoms with Gasteiger partial charge in [0.2, 0.25) is 0 Å². The van der Waals surface area contributed by atoms with Crippen LogP contribution in [-0.4, -0.2) is 26.3 Å². The van der Waals surface area contributed by atoms with Crippen LogP contribution in [0.25, 0.3) is 0 Å². The highest BCUT2D eigenvalue weighted by Crippen LogP contribution is 2.12. The Hall–Kier alpha value is -1.18. The van der Waals surface area contributed by atoms with Gasteiger partial charge in [0.15, 0.2) is 0 Å². The highest BCUT2D eigenvalue weighted by Gasteiger charge is 2.01. The second-order valence-corrected chi connectivity index (χ2v) is 4.50. The Kier molecular flexibility index (Phi) is 3.70. The van der Waals surface area contributed by atoms with Gasteiger partial charge in [-0.1, -0.05) is 0 Å². The topological polar surface area (TPSA) is 55.6 Å². The molecular formula is C10H12IN5. The van der Waals surface area contributed by atoms with Crippen LogP contribution in [0.2, 0.25) is 0 Å². The Morgan fingerprint density at radius 3 is 3.06 bits per heavy atom. The van der Waals surface area contributed by atoms with Crippen molar-refractivity contribution < 1.29 is 0 Å². The molecule has 0 atom stereocenters. The lowest BCUT2D eigenvalue weighted by atomic mass is 10.3. The van der Waals surface area contributed by atoms with Crippen molar-refractivity contribution in [2.75, 3.05) is 11.9 Å². The quantitative estimate of drug-likeness (QED) is 0.863. The van der Waals surface area contributed by atoms with E-state index in [1.54, 1.807) is 12.5 Å². The summed E-state index contributed by atoms with van der Waals surface area (Å²) in [5.41, 5.74) is 1.21. The Balaban J connectivity index is 1.89. The van der Waals surface area contributed by atoms with E-state index in [4.69, 9.17) is 0 Å². The fraction of sp³-hybridized carbons (Fsp3) is 0.300. The highest BCUT2D eigenvalue weighted by atomic mass is 127. The molecule has 0 spiro atoms. The number of nitrogens with one attached hydrogen (secondary N) is 1.